The van der Waals surface area contributed by atoms with Gasteiger partial charge in [-0.25, -0.2) is 4.98 Å². The molecule has 0 amide bonds. The fraction of sp³-hybridized carbons (Fsp3) is 0.471. The van der Waals surface area contributed by atoms with E-state index in [1.807, 2.05) is 49.1 Å². The maximum Gasteiger partial charge on any atom is 0.213 e. The Labute approximate surface area is 166 Å². The van der Waals surface area contributed by atoms with E-state index in [9.17, 15) is 0 Å². The predicted octanol–water partition coefficient (Wildman–Crippen LogP) is 2.44. The Bertz CT molecular complexity index is 613. The van der Waals surface area contributed by atoms with Gasteiger partial charge in [0.25, 0.3) is 0 Å². The third-order valence-electron chi connectivity index (χ3n) is 3.25. The average molecular weight is 458 g/mol. The minimum atomic E-state index is 0. The van der Waals surface area contributed by atoms with Gasteiger partial charge in [0.05, 0.1) is 6.10 Å². The Morgan fingerprint density at radius 1 is 1.32 bits per heavy atom. The second-order valence-electron chi connectivity index (χ2n) is 5.65. The highest BCUT2D eigenvalue weighted by Crippen LogP contribution is 2.09. The molecule has 0 radical (unpaired) electrons. The summed E-state index contributed by atoms with van der Waals surface area (Å²) in [6, 6.07) is 5.82. The average Bonchev–Trinajstić information content (AvgIpc) is 3.08. The number of nitrogens with zero attached hydrogens (tertiary/aromatic N) is 4. The molecule has 0 saturated carbocycles. The Kier molecular flexibility index (Phi) is 9.90. The largest absolute Gasteiger partial charge is 0.475 e. The molecule has 8 heteroatoms. The van der Waals surface area contributed by atoms with Gasteiger partial charge in [0.2, 0.25) is 5.88 Å². The smallest absolute Gasteiger partial charge is 0.213 e. The van der Waals surface area contributed by atoms with Crippen molar-refractivity contribution in [2.24, 2.45) is 4.99 Å². The molecule has 138 valence electrons. The third kappa shape index (κ3) is 8.19. The van der Waals surface area contributed by atoms with Gasteiger partial charge in [-0.2, -0.15) is 5.10 Å². The van der Waals surface area contributed by atoms with Crippen molar-refractivity contribution in [2.45, 2.75) is 39.5 Å². The van der Waals surface area contributed by atoms with Crippen LogP contribution in [0.2, 0.25) is 0 Å². The summed E-state index contributed by atoms with van der Waals surface area (Å²) >= 11 is 0. The van der Waals surface area contributed by atoms with E-state index in [4.69, 9.17) is 4.74 Å². The first-order valence-electron chi connectivity index (χ1n) is 8.21. The van der Waals surface area contributed by atoms with Crippen LogP contribution in [0.3, 0.4) is 0 Å². The summed E-state index contributed by atoms with van der Waals surface area (Å²) in [5.74, 6) is 1.42. The second kappa shape index (κ2) is 11.7. The van der Waals surface area contributed by atoms with E-state index in [2.05, 4.69) is 25.7 Å². The van der Waals surface area contributed by atoms with Crippen molar-refractivity contribution in [2.75, 3.05) is 13.6 Å². The SMILES string of the molecule is CN=C(NCCCn1cccn1)NCc1ccc(OC(C)C)nc1.I. The molecular formula is C17H27IN6O. The van der Waals surface area contributed by atoms with E-state index in [-0.39, 0.29) is 30.1 Å². The Morgan fingerprint density at radius 2 is 2.16 bits per heavy atom. The Hall–Kier alpha value is -1.84. The third-order valence-corrected chi connectivity index (χ3v) is 3.25. The molecule has 2 N–H and O–H groups in total. The normalized spacial score (nSPS) is 11.1. The number of aryl methyl sites for hydroxylation is 1. The zero-order valence-corrected chi connectivity index (χ0v) is 17.3. The van der Waals surface area contributed by atoms with Crippen molar-refractivity contribution in [3.05, 3.63) is 42.4 Å². The van der Waals surface area contributed by atoms with Crippen LogP contribution >= 0.6 is 24.0 Å². The summed E-state index contributed by atoms with van der Waals surface area (Å²) in [6.07, 6.45) is 6.68. The molecular weight excluding hydrogens is 431 g/mol. The van der Waals surface area contributed by atoms with E-state index < -0.39 is 0 Å². The van der Waals surface area contributed by atoms with E-state index in [1.54, 1.807) is 13.2 Å². The van der Waals surface area contributed by atoms with Crippen LogP contribution in [0.15, 0.2) is 41.8 Å². The Balaban J connectivity index is 0.00000312. The van der Waals surface area contributed by atoms with Crippen LogP contribution in [0.5, 0.6) is 5.88 Å². The molecule has 0 fully saturated rings. The number of aromatic nitrogens is 3. The highest BCUT2D eigenvalue weighted by atomic mass is 127. The Morgan fingerprint density at radius 3 is 2.76 bits per heavy atom. The van der Waals surface area contributed by atoms with Gasteiger partial charge in [-0.15, -0.1) is 24.0 Å². The summed E-state index contributed by atoms with van der Waals surface area (Å²) in [5, 5.41) is 10.7. The highest BCUT2D eigenvalue weighted by Gasteiger charge is 2.01. The molecule has 0 aliphatic heterocycles. The van der Waals surface area contributed by atoms with Gasteiger partial charge < -0.3 is 15.4 Å². The zero-order chi connectivity index (χ0) is 17.2. The van der Waals surface area contributed by atoms with Gasteiger partial charge in [0, 0.05) is 51.3 Å². The predicted molar refractivity (Wildman–Crippen MR) is 110 cm³/mol. The maximum absolute atomic E-state index is 5.54. The number of nitrogens with one attached hydrogen (secondary N) is 2. The van der Waals surface area contributed by atoms with Gasteiger partial charge in [-0.3, -0.25) is 9.67 Å². The van der Waals surface area contributed by atoms with Crippen molar-refractivity contribution in [3.8, 4) is 5.88 Å². The van der Waals surface area contributed by atoms with Crippen molar-refractivity contribution >= 4 is 29.9 Å². The molecule has 0 spiro atoms. The summed E-state index contributed by atoms with van der Waals surface area (Å²) in [4.78, 5) is 8.52. The fourth-order valence-corrected chi connectivity index (χ4v) is 2.11. The van der Waals surface area contributed by atoms with Gasteiger partial charge in [0.15, 0.2) is 5.96 Å². The van der Waals surface area contributed by atoms with Crippen LogP contribution < -0.4 is 15.4 Å². The molecule has 0 saturated heterocycles. The molecule has 7 nitrogen and oxygen atoms in total. The molecule has 0 unspecified atom stereocenters. The van der Waals surface area contributed by atoms with Crippen LogP contribution in [0.4, 0.5) is 0 Å². The molecule has 2 rings (SSSR count). The van der Waals surface area contributed by atoms with Crippen LogP contribution in [0, 0.1) is 0 Å². The first-order valence-corrected chi connectivity index (χ1v) is 8.21. The molecule has 0 bridgehead atoms. The van der Waals surface area contributed by atoms with Crippen LogP contribution in [-0.4, -0.2) is 40.4 Å². The summed E-state index contributed by atoms with van der Waals surface area (Å²) in [6.45, 7) is 6.35. The van der Waals surface area contributed by atoms with Crippen molar-refractivity contribution in [1.29, 1.82) is 0 Å². The minimum absolute atomic E-state index is 0. The lowest BCUT2D eigenvalue weighted by Crippen LogP contribution is -2.37. The number of hydrogen-bond acceptors (Lipinski definition) is 4. The fourth-order valence-electron chi connectivity index (χ4n) is 2.11. The molecule has 0 aromatic carbocycles. The van der Waals surface area contributed by atoms with Crippen LogP contribution in [0.25, 0.3) is 0 Å². The second-order valence-corrected chi connectivity index (χ2v) is 5.65. The van der Waals surface area contributed by atoms with Crippen molar-refractivity contribution < 1.29 is 4.74 Å². The number of rotatable bonds is 8. The van der Waals surface area contributed by atoms with Crippen LogP contribution in [0.1, 0.15) is 25.8 Å². The molecule has 25 heavy (non-hydrogen) atoms. The quantitative estimate of drug-likeness (QED) is 0.275. The van der Waals surface area contributed by atoms with E-state index >= 15 is 0 Å². The number of guanidine groups is 1. The summed E-state index contributed by atoms with van der Waals surface area (Å²) in [5.41, 5.74) is 1.07. The zero-order valence-electron chi connectivity index (χ0n) is 15.0. The number of ether oxygens (including phenoxy) is 1. The topological polar surface area (TPSA) is 76.4 Å². The molecule has 0 atom stereocenters. The minimum Gasteiger partial charge on any atom is -0.475 e. The number of pyridine rings is 1. The standard InChI is InChI=1S/C17H26N6O.HI/c1-14(2)24-16-7-6-15(12-20-16)13-21-17(18-3)19-8-4-10-23-11-5-9-22-23;/h5-7,9,11-12,14H,4,8,10,13H2,1-3H3,(H2,18,19,21);1H. The number of aliphatic imine (C=N–C) groups is 1. The van der Waals surface area contributed by atoms with Crippen molar-refractivity contribution in [3.63, 3.8) is 0 Å². The van der Waals surface area contributed by atoms with Gasteiger partial charge >= 0.3 is 0 Å². The van der Waals surface area contributed by atoms with Crippen LogP contribution in [-0.2, 0) is 13.1 Å². The van der Waals surface area contributed by atoms with Gasteiger partial charge in [0.1, 0.15) is 0 Å². The lowest BCUT2D eigenvalue weighted by molar-refractivity contribution is 0.232. The lowest BCUT2D eigenvalue weighted by atomic mass is 10.3. The monoisotopic (exact) mass is 458 g/mol. The molecule has 0 aliphatic carbocycles. The number of hydrogen-bond donors (Lipinski definition) is 2. The van der Waals surface area contributed by atoms with Crippen molar-refractivity contribution in [1.82, 2.24) is 25.4 Å². The highest BCUT2D eigenvalue weighted by molar-refractivity contribution is 14.0. The molecule has 2 heterocycles. The van der Waals surface area contributed by atoms with E-state index in [0.29, 0.717) is 12.4 Å². The van der Waals surface area contributed by atoms with E-state index in [0.717, 1.165) is 31.0 Å². The molecule has 0 aliphatic rings. The first-order chi connectivity index (χ1) is 11.7. The summed E-state index contributed by atoms with van der Waals surface area (Å²) in [7, 11) is 1.76. The molecule has 2 aromatic rings. The van der Waals surface area contributed by atoms with Gasteiger partial charge in [-0.05, 0) is 31.9 Å². The number of halogens is 1. The molecule has 2 aromatic heterocycles. The van der Waals surface area contributed by atoms with E-state index in [1.165, 1.54) is 0 Å². The summed E-state index contributed by atoms with van der Waals surface area (Å²) < 4.78 is 7.46. The first kappa shape index (κ1) is 21.2. The maximum atomic E-state index is 5.54. The lowest BCUT2D eigenvalue weighted by Gasteiger charge is -2.12. The van der Waals surface area contributed by atoms with Gasteiger partial charge in [-0.1, -0.05) is 6.07 Å².